The molecular weight excluding hydrogens is 392 g/mol. The number of carbonyl (C=O) groups excluding carboxylic acids is 2. The van der Waals surface area contributed by atoms with Crippen LogP contribution in [0.1, 0.15) is 22.8 Å². The lowest BCUT2D eigenvalue weighted by atomic mass is 10.1. The molecule has 0 aliphatic carbocycles. The minimum Gasteiger partial charge on any atom is -0.495 e. The van der Waals surface area contributed by atoms with Gasteiger partial charge >= 0.3 is 0 Å². The second-order valence-corrected chi connectivity index (χ2v) is 6.97. The zero-order chi connectivity index (χ0) is 22.1. The predicted molar refractivity (Wildman–Crippen MR) is 121 cm³/mol. The summed E-state index contributed by atoms with van der Waals surface area (Å²) >= 11 is 0. The first-order valence-corrected chi connectivity index (χ1v) is 10.1. The summed E-state index contributed by atoms with van der Waals surface area (Å²) in [7, 11) is 1.55. The molecule has 0 saturated carbocycles. The van der Waals surface area contributed by atoms with Gasteiger partial charge in [-0.2, -0.15) is 0 Å². The van der Waals surface area contributed by atoms with E-state index in [2.05, 4.69) is 10.6 Å². The van der Waals surface area contributed by atoms with E-state index in [1.165, 1.54) is 5.56 Å². The third-order valence-electron chi connectivity index (χ3n) is 4.71. The minimum absolute atomic E-state index is 0.149. The highest BCUT2D eigenvalue weighted by Gasteiger charge is 2.17. The van der Waals surface area contributed by atoms with Gasteiger partial charge in [0.05, 0.1) is 12.8 Å². The summed E-state index contributed by atoms with van der Waals surface area (Å²) in [5, 5.41) is 5.70. The van der Waals surface area contributed by atoms with Crippen molar-refractivity contribution in [3.8, 4) is 11.5 Å². The molecule has 31 heavy (non-hydrogen) atoms. The topological polar surface area (TPSA) is 76.7 Å². The van der Waals surface area contributed by atoms with Crippen LogP contribution in [-0.2, 0) is 11.2 Å². The van der Waals surface area contributed by atoms with E-state index in [4.69, 9.17) is 9.47 Å². The van der Waals surface area contributed by atoms with Crippen molar-refractivity contribution in [2.24, 2.45) is 0 Å². The molecule has 0 saturated heterocycles. The fourth-order valence-corrected chi connectivity index (χ4v) is 2.99. The van der Waals surface area contributed by atoms with Gasteiger partial charge in [-0.15, -0.1) is 0 Å². The predicted octanol–water partition coefficient (Wildman–Crippen LogP) is 4.07. The largest absolute Gasteiger partial charge is 0.495 e. The summed E-state index contributed by atoms with van der Waals surface area (Å²) in [6.07, 6.45) is 0.0440. The Morgan fingerprint density at radius 2 is 1.58 bits per heavy atom. The number of anilines is 1. The van der Waals surface area contributed by atoms with Gasteiger partial charge in [0, 0.05) is 12.1 Å². The van der Waals surface area contributed by atoms with Gasteiger partial charge in [0.1, 0.15) is 11.5 Å². The molecule has 0 aromatic heterocycles. The van der Waals surface area contributed by atoms with Gasteiger partial charge in [0.15, 0.2) is 6.10 Å². The van der Waals surface area contributed by atoms with Gasteiger partial charge in [-0.05, 0) is 55.3 Å². The van der Waals surface area contributed by atoms with E-state index >= 15 is 0 Å². The van der Waals surface area contributed by atoms with E-state index in [-0.39, 0.29) is 11.8 Å². The van der Waals surface area contributed by atoms with Crippen LogP contribution >= 0.6 is 0 Å². The summed E-state index contributed by atoms with van der Waals surface area (Å²) < 4.78 is 11.0. The molecule has 0 unspecified atom stereocenters. The SMILES string of the molecule is COc1ccccc1NC(=O)[C@H](C)Oc1ccc(C(=O)NCCc2ccccc2)cc1. The molecular formula is C25H26N2O4. The molecule has 0 heterocycles. The number of hydrogen-bond donors (Lipinski definition) is 2. The average molecular weight is 418 g/mol. The highest BCUT2D eigenvalue weighted by atomic mass is 16.5. The number of ether oxygens (including phenoxy) is 2. The van der Waals surface area contributed by atoms with Crippen molar-refractivity contribution in [3.63, 3.8) is 0 Å². The molecule has 0 radical (unpaired) electrons. The maximum absolute atomic E-state index is 12.4. The second-order valence-electron chi connectivity index (χ2n) is 6.97. The molecule has 1 atom stereocenters. The standard InChI is InChI=1S/C25H26N2O4/c1-18(24(28)27-22-10-6-7-11-23(22)30-2)31-21-14-12-20(13-15-21)25(29)26-17-16-19-8-4-3-5-9-19/h3-15,18H,16-17H2,1-2H3,(H,26,29)(H,27,28)/t18-/m0/s1. The molecule has 0 bridgehead atoms. The van der Waals surface area contributed by atoms with Crippen molar-refractivity contribution in [1.82, 2.24) is 5.32 Å². The number of rotatable bonds is 9. The molecule has 3 rings (SSSR count). The highest BCUT2D eigenvalue weighted by molar-refractivity contribution is 5.95. The Labute approximate surface area is 182 Å². The number of nitrogens with one attached hydrogen (secondary N) is 2. The number of amides is 2. The van der Waals surface area contributed by atoms with Gasteiger partial charge in [-0.1, -0.05) is 42.5 Å². The summed E-state index contributed by atoms with van der Waals surface area (Å²) in [5.74, 6) is 0.630. The third kappa shape index (κ3) is 6.34. The molecule has 0 aliphatic heterocycles. The lowest BCUT2D eigenvalue weighted by Gasteiger charge is -2.16. The number of para-hydroxylation sites is 2. The van der Waals surface area contributed by atoms with E-state index in [0.717, 1.165) is 6.42 Å². The first-order chi connectivity index (χ1) is 15.1. The molecule has 160 valence electrons. The molecule has 0 fully saturated rings. The van der Waals surface area contributed by atoms with Crippen molar-refractivity contribution in [2.45, 2.75) is 19.4 Å². The molecule has 0 aliphatic rings. The lowest BCUT2D eigenvalue weighted by Crippen LogP contribution is -2.30. The van der Waals surface area contributed by atoms with Crippen molar-refractivity contribution in [3.05, 3.63) is 90.0 Å². The van der Waals surface area contributed by atoms with Crippen LogP contribution in [0, 0.1) is 0 Å². The minimum atomic E-state index is -0.726. The number of benzene rings is 3. The van der Waals surface area contributed by atoms with Gasteiger partial charge in [0.25, 0.3) is 11.8 Å². The average Bonchev–Trinajstić information content (AvgIpc) is 2.80. The molecule has 2 N–H and O–H groups in total. The number of carbonyl (C=O) groups is 2. The maximum Gasteiger partial charge on any atom is 0.265 e. The van der Waals surface area contributed by atoms with E-state index in [0.29, 0.717) is 29.3 Å². The van der Waals surface area contributed by atoms with Gasteiger partial charge in [-0.25, -0.2) is 0 Å². The van der Waals surface area contributed by atoms with E-state index in [1.807, 2.05) is 42.5 Å². The Balaban J connectivity index is 1.50. The van der Waals surface area contributed by atoms with Gasteiger partial charge in [0.2, 0.25) is 0 Å². The van der Waals surface area contributed by atoms with Crippen LogP contribution in [0.15, 0.2) is 78.9 Å². The normalized spacial score (nSPS) is 11.3. The zero-order valence-electron chi connectivity index (χ0n) is 17.6. The Hall–Kier alpha value is -3.80. The quantitative estimate of drug-likeness (QED) is 0.549. The first kappa shape index (κ1) is 21.9. The Morgan fingerprint density at radius 3 is 2.29 bits per heavy atom. The van der Waals surface area contributed by atoms with Gasteiger partial charge in [-0.3, -0.25) is 9.59 Å². The molecule has 3 aromatic carbocycles. The van der Waals surface area contributed by atoms with Crippen LogP contribution in [0.5, 0.6) is 11.5 Å². The van der Waals surface area contributed by atoms with Crippen LogP contribution in [0.3, 0.4) is 0 Å². The van der Waals surface area contributed by atoms with Crippen molar-refractivity contribution < 1.29 is 19.1 Å². The first-order valence-electron chi connectivity index (χ1n) is 10.1. The van der Waals surface area contributed by atoms with E-state index in [9.17, 15) is 9.59 Å². The fraction of sp³-hybridized carbons (Fsp3) is 0.200. The van der Waals surface area contributed by atoms with Crippen LogP contribution in [0.4, 0.5) is 5.69 Å². The summed E-state index contributed by atoms with van der Waals surface area (Å²) in [6, 6.07) is 23.9. The van der Waals surface area contributed by atoms with Crippen LogP contribution in [-0.4, -0.2) is 31.6 Å². The summed E-state index contributed by atoms with van der Waals surface area (Å²) in [6.45, 7) is 2.22. The van der Waals surface area contributed by atoms with Crippen LogP contribution in [0.2, 0.25) is 0 Å². The van der Waals surface area contributed by atoms with Crippen LogP contribution in [0.25, 0.3) is 0 Å². The molecule has 3 aromatic rings. The Bertz CT molecular complexity index is 1000. The smallest absolute Gasteiger partial charge is 0.265 e. The van der Waals surface area contributed by atoms with Gasteiger partial charge < -0.3 is 20.1 Å². The molecule has 6 nitrogen and oxygen atoms in total. The lowest BCUT2D eigenvalue weighted by molar-refractivity contribution is -0.122. The summed E-state index contributed by atoms with van der Waals surface area (Å²) in [5.41, 5.74) is 2.28. The van der Waals surface area contributed by atoms with E-state index in [1.54, 1.807) is 50.4 Å². The number of hydrogen-bond acceptors (Lipinski definition) is 4. The fourth-order valence-electron chi connectivity index (χ4n) is 2.99. The Morgan fingerprint density at radius 1 is 0.903 bits per heavy atom. The van der Waals surface area contributed by atoms with Crippen molar-refractivity contribution in [2.75, 3.05) is 19.0 Å². The zero-order valence-corrected chi connectivity index (χ0v) is 17.6. The second kappa shape index (κ2) is 10.8. The Kier molecular flexibility index (Phi) is 7.65. The highest BCUT2D eigenvalue weighted by Crippen LogP contribution is 2.23. The molecule has 2 amide bonds. The third-order valence-corrected chi connectivity index (χ3v) is 4.71. The monoisotopic (exact) mass is 418 g/mol. The van der Waals surface area contributed by atoms with Crippen LogP contribution < -0.4 is 20.1 Å². The maximum atomic E-state index is 12.4. The van der Waals surface area contributed by atoms with E-state index < -0.39 is 6.10 Å². The van der Waals surface area contributed by atoms with Crippen molar-refractivity contribution in [1.29, 1.82) is 0 Å². The molecule has 0 spiro atoms. The summed E-state index contributed by atoms with van der Waals surface area (Å²) in [4.78, 5) is 24.8. The number of methoxy groups -OCH3 is 1. The molecule has 6 heteroatoms. The van der Waals surface area contributed by atoms with Crippen molar-refractivity contribution >= 4 is 17.5 Å².